The minimum atomic E-state index is -1.18. The van der Waals surface area contributed by atoms with Gasteiger partial charge in [-0.05, 0) is 31.0 Å². The van der Waals surface area contributed by atoms with Crippen molar-refractivity contribution in [3.8, 4) is 0 Å². The molecule has 2 amide bonds. The summed E-state index contributed by atoms with van der Waals surface area (Å²) in [6.07, 6.45) is 1.65. The molecule has 1 fully saturated rings. The molecule has 1 heterocycles. The van der Waals surface area contributed by atoms with Crippen LogP contribution in [0.15, 0.2) is 18.2 Å². The third-order valence-electron chi connectivity index (χ3n) is 3.20. The van der Waals surface area contributed by atoms with Crippen molar-refractivity contribution >= 4 is 17.7 Å². The highest BCUT2D eigenvalue weighted by molar-refractivity contribution is 5.93. The second-order valence-corrected chi connectivity index (χ2v) is 4.78. The lowest BCUT2D eigenvalue weighted by atomic mass is 10.1. The zero-order valence-corrected chi connectivity index (χ0v) is 10.8. The van der Waals surface area contributed by atoms with Crippen LogP contribution in [-0.4, -0.2) is 41.1 Å². The summed E-state index contributed by atoms with van der Waals surface area (Å²) in [5, 5.41) is 11.2. The Morgan fingerprint density at radius 1 is 1.45 bits per heavy atom. The van der Waals surface area contributed by atoms with Crippen LogP contribution < -0.4 is 11.1 Å². The van der Waals surface area contributed by atoms with Crippen molar-refractivity contribution in [1.29, 1.82) is 0 Å². The summed E-state index contributed by atoms with van der Waals surface area (Å²) < 4.78 is 13.6. The topological polar surface area (TPSA) is 95.7 Å². The Hall–Kier alpha value is -2.15. The molecule has 1 saturated heterocycles. The molecule has 7 heteroatoms. The van der Waals surface area contributed by atoms with E-state index in [1.807, 2.05) is 0 Å². The molecule has 2 rings (SSSR count). The lowest BCUT2D eigenvalue weighted by Gasteiger charge is -2.30. The number of piperidine rings is 1. The Bertz CT molecular complexity index is 536. The fourth-order valence-electron chi connectivity index (χ4n) is 2.14. The number of rotatable bonds is 2. The maximum Gasteiger partial charge on any atom is 0.335 e. The van der Waals surface area contributed by atoms with Crippen molar-refractivity contribution in [2.24, 2.45) is 5.73 Å². The maximum absolute atomic E-state index is 13.6. The summed E-state index contributed by atoms with van der Waals surface area (Å²) in [4.78, 5) is 24.3. The van der Waals surface area contributed by atoms with Crippen molar-refractivity contribution in [3.63, 3.8) is 0 Å². The second kappa shape index (κ2) is 5.87. The molecule has 1 aliphatic heterocycles. The van der Waals surface area contributed by atoms with Gasteiger partial charge in [-0.15, -0.1) is 0 Å². The monoisotopic (exact) mass is 281 g/mol. The number of hydrogen-bond acceptors (Lipinski definition) is 3. The molecule has 4 N–H and O–H groups in total. The first-order valence-electron chi connectivity index (χ1n) is 6.31. The highest BCUT2D eigenvalue weighted by Gasteiger charge is 2.22. The van der Waals surface area contributed by atoms with E-state index in [0.29, 0.717) is 13.1 Å². The number of aromatic carboxylic acids is 1. The first kappa shape index (κ1) is 14.3. The Morgan fingerprint density at radius 2 is 2.20 bits per heavy atom. The molecule has 0 bridgehead atoms. The number of hydrogen-bond donors (Lipinski definition) is 3. The van der Waals surface area contributed by atoms with E-state index < -0.39 is 17.8 Å². The number of urea groups is 1. The van der Waals surface area contributed by atoms with E-state index in [9.17, 15) is 14.0 Å². The predicted molar refractivity (Wildman–Crippen MR) is 71.2 cm³/mol. The summed E-state index contributed by atoms with van der Waals surface area (Å²) in [5.74, 6) is -1.86. The standard InChI is InChI=1S/C13H16FN3O3/c14-10-4-3-8(12(18)19)6-11(10)16-13(20)17-5-1-2-9(15)7-17/h3-4,6,9H,1-2,5,7,15H2,(H,16,20)(H,18,19). The normalized spacial score (nSPS) is 18.7. The van der Waals surface area contributed by atoms with Crippen LogP contribution in [0.2, 0.25) is 0 Å². The van der Waals surface area contributed by atoms with Gasteiger partial charge in [-0.1, -0.05) is 0 Å². The minimum absolute atomic E-state index is 0.0790. The molecule has 1 aromatic rings. The van der Waals surface area contributed by atoms with Crippen LogP contribution in [0, 0.1) is 5.82 Å². The Morgan fingerprint density at radius 3 is 2.85 bits per heavy atom. The van der Waals surface area contributed by atoms with Crippen molar-refractivity contribution in [2.75, 3.05) is 18.4 Å². The Kier molecular flexibility index (Phi) is 4.19. The zero-order chi connectivity index (χ0) is 14.7. The number of carboxylic acid groups (broad SMARTS) is 1. The van der Waals surface area contributed by atoms with Gasteiger partial charge in [0.2, 0.25) is 0 Å². The number of halogens is 1. The number of benzene rings is 1. The van der Waals surface area contributed by atoms with E-state index in [2.05, 4.69) is 5.32 Å². The van der Waals surface area contributed by atoms with Crippen LogP contribution in [0.3, 0.4) is 0 Å². The Balaban J connectivity index is 2.10. The van der Waals surface area contributed by atoms with Crippen LogP contribution in [0.25, 0.3) is 0 Å². The van der Waals surface area contributed by atoms with Gasteiger partial charge >= 0.3 is 12.0 Å². The molecular formula is C13H16FN3O3. The molecule has 0 spiro atoms. The molecule has 0 aromatic heterocycles. The van der Waals surface area contributed by atoms with Crippen molar-refractivity contribution < 1.29 is 19.1 Å². The van der Waals surface area contributed by atoms with Gasteiger partial charge in [0, 0.05) is 19.1 Å². The van der Waals surface area contributed by atoms with E-state index in [1.54, 1.807) is 0 Å². The first-order valence-corrected chi connectivity index (χ1v) is 6.31. The smallest absolute Gasteiger partial charge is 0.335 e. The van der Waals surface area contributed by atoms with Gasteiger partial charge in [0.25, 0.3) is 0 Å². The molecule has 1 aromatic carbocycles. The SMILES string of the molecule is NC1CCCN(C(=O)Nc2cc(C(=O)O)ccc2F)C1. The van der Waals surface area contributed by atoms with E-state index in [0.717, 1.165) is 31.0 Å². The van der Waals surface area contributed by atoms with Gasteiger partial charge in [0.05, 0.1) is 11.3 Å². The lowest BCUT2D eigenvalue weighted by molar-refractivity contribution is 0.0697. The predicted octanol–water partition coefficient (Wildman–Crippen LogP) is 1.48. The molecule has 1 atom stereocenters. The van der Waals surface area contributed by atoms with Crippen molar-refractivity contribution in [1.82, 2.24) is 4.90 Å². The van der Waals surface area contributed by atoms with Crippen LogP contribution in [0.5, 0.6) is 0 Å². The molecule has 0 radical (unpaired) electrons. The lowest BCUT2D eigenvalue weighted by Crippen LogP contribution is -2.47. The van der Waals surface area contributed by atoms with Gasteiger partial charge in [0.1, 0.15) is 5.82 Å². The van der Waals surface area contributed by atoms with Crippen LogP contribution in [0.1, 0.15) is 23.2 Å². The van der Waals surface area contributed by atoms with Crippen molar-refractivity contribution in [2.45, 2.75) is 18.9 Å². The maximum atomic E-state index is 13.6. The molecule has 6 nitrogen and oxygen atoms in total. The third kappa shape index (κ3) is 3.24. The number of amides is 2. The summed E-state index contributed by atoms with van der Waals surface area (Å²) in [7, 11) is 0. The number of nitrogens with zero attached hydrogens (tertiary/aromatic N) is 1. The van der Waals surface area contributed by atoms with Crippen molar-refractivity contribution in [3.05, 3.63) is 29.6 Å². The second-order valence-electron chi connectivity index (χ2n) is 4.78. The minimum Gasteiger partial charge on any atom is -0.478 e. The number of carbonyl (C=O) groups is 2. The average Bonchev–Trinajstić information content (AvgIpc) is 2.41. The van der Waals surface area contributed by atoms with Crippen LogP contribution in [0.4, 0.5) is 14.9 Å². The number of nitrogens with two attached hydrogens (primary N) is 1. The van der Waals surface area contributed by atoms with Gasteiger partial charge < -0.3 is 21.1 Å². The summed E-state index contributed by atoms with van der Waals surface area (Å²) in [6, 6.07) is 2.70. The van der Waals surface area contributed by atoms with Crippen LogP contribution in [-0.2, 0) is 0 Å². The number of nitrogens with one attached hydrogen (secondary N) is 1. The fourth-order valence-corrected chi connectivity index (χ4v) is 2.14. The van der Waals surface area contributed by atoms with Gasteiger partial charge in [-0.3, -0.25) is 0 Å². The molecule has 0 aliphatic carbocycles. The number of likely N-dealkylation sites (tertiary alicyclic amines) is 1. The molecule has 0 saturated carbocycles. The molecule has 1 aliphatic rings. The van der Waals surface area contributed by atoms with Gasteiger partial charge in [-0.25, -0.2) is 14.0 Å². The highest BCUT2D eigenvalue weighted by atomic mass is 19.1. The number of carboxylic acids is 1. The van der Waals surface area contributed by atoms with E-state index >= 15 is 0 Å². The molecule has 1 unspecified atom stereocenters. The zero-order valence-electron chi connectivity index (χ0n) is 10.8. The highest BCUT2D eigenvalue weighted by Crippen LogP contribution is 2.18. The number of carbonyl (C=O) groups excluding carboxylic acids is 1. The first-order chi connectivity index (χ1) is 9.47. The summed E-state index contributed by atoms with van der Waals surface area (Å²) in [5.41, 5.74) is 5.55. The van der Waals surface area contributed by atoms with Gasteiger partial charge in [0.15, 0.2) is 0 Å². The molecular weight excluding hydrogens is 265 g/mol. The largest absolute Gasteiger partial charge is 0.478 e. The summed E-state index contributed by atoms with van der Waals surface area (Å²) in [6.45, 7) is 0.964. The van der Waals surface area contributed by atoms with E-state index in [1.165, 1.54) is 4.90 Å². The van der Waals surface area contributed by atoms with E-state index in [-0.39, 0.29) is 17.3 Å². The quantitative estimate of drug-likeness (QED) is 0.765. The molecule has 108 valence electrons. The average molecular weight is 281 g/mol. The Labute approximate surface area is 115 Å². The third-order valence-corrected chi connectivity index (χ3v) is 3.20. The number of anilines is 1. The van der Waals surface area contributed by atoms with Crippen LogP contribution >= 0.6 is 0 Å². The van der Waals surface area contributed by atoms with Gasteiger partial charge in [-0.2, -0.15) is 0 Å². The summed E-state index contributed by atoms with van der Waals surface area (Å²) >= 11 is 0. The fraction of sp³-hybridized carbons (Fsp3) is 0.385. The molecule has 20 heavy (non-hydrogen) atoms. The van der Waals surface area contributed by atoms with E-state index in [4.69, 9.17) is 10.8 Å².